The first-order valence-electron chi connectivity index (χ1n) is 21.7. The number of nitrogens with one attached hydrogen (secondary N) is 2. The van der Waals surface area contributed by atoms with Gasteiger partial charge in [0, 0.05) is 22.5 Å². The lowest BCUT2D eigenvalue weighted by molar-refractivity contribution is 0.0980. The van der Waals surface area contributed by atoms with E-state index in [-0.39, 0.29) is 11.6 Å². The number of anilines is 4. The van der Waals surface area contributed by atoms with Crippen LogP contribution in [0.15, 0.2) is 84.9 Å². The highest BCUT2D eigenvalue weighted by Gasteiger charge is 2.33. The summed E-state index contributed by atoms with van der Waals surface area (Å²) in [4.78, 5) is 28.1. The Kier molecular flexibility index (Phi) is 17.4. The first kappa shape index (κ1) is 41.0. The number of unbranched alkanes of at least 4 members (excludes halogenated alkanes) is 18. The van der Waals surface area contributed by atoms with E-state index in [0.717, 1.165) is 24.2 Å². The Morgan fingerprint density at radius 2 is 0.704 bits per heavy atom. The molecule has 0 saturated heterocycles. The summed E-state index contributed by atoms with van der Waals surface area (Å²) < 4.78 is 0. The van der Waals surface area contributed by atoms with E-state index in [1.165, 1.54) is 140 Å². The van der Waals surface area contributed by atoms with Crippen molar-refractivity contribution in [1.82, 2.24) is 0 Å². The van der Waals surface area contributed by atoms with Crippen LogP contribution in [-0.2, 0) is 12.8 Å². The molecule has 0 bridgehead atoms. The van der Waals surface area contributed by atoms with Crippen LogP contribution in [0.2, 0.25) is 0 Å². The maximum Gasteiger partial charge on any atom is 0.198 e. The molecule has 4 nitrogen and oxygen atoms in total. The zero-order chi connectivity index (χ0) is 37.8. The van der Waals surface area contributed by atoms with Crippen LogP contribution < -0.4 is 10.6 Å². The van der Waals surface area contributed by atoms with Gasteiger partial charge in [-0.2, -0.15) is 0 Å². The van der Waals surface area contributed by atoms with Gasteiger partial charge in [0.25, 0.3) is 0 Å². The molecule has 1 aliphatic rings. The summed E-state index contributed by atoms with van der Waals surface area (Å²) in [5.41, 5.74) is 7.56. The van der Waals surface area contributed by atoms with Crippen LogP contribution in [0.3, 0.4) is 0 Å². The quantitative estimate of drug-likeness (QED) is 0.0557. The number of carbonyl (C=O) groups excluding carboxylic acids is 2. The fourth-order valence-corrected chi connectivity index (χ4v) is 7.90. The van der Waals surface area contributed by atoms with Crippen molar-refractivity contribution in [2.75, 3.05) is 10.6 Å². The molecule has 0 unspecified atom stereocenters. The molecule has 0 amide bonds. The molecule has 4 heteroatoms. The Morgan fingerprint density at radius 3 is 1.06 bits per heavy atom. The van der Waals surface area contributed by atoms with Gasteiger partial charge in [0.05, 0.1) is 22.5 Å². The Bertz CT molecular complexity index is 1600. The normalized spacial score (nSPS) is 12.1. The van der Waals surface area contributed by atoms with Gasteiger partial charge in [-0.15, -0.1) is 0 Å². The van der Waals surface area contributed by atoms with E-state index in [9.17, 15) is 9.59 Å². The number of benzene rings is 4. The molecule has 0 aliphatic heterocycles. The molecule has 0 radical (unpaired) electrons. The van der Waals surface area contributed by atoms with Gasteiger partial charge in [-0.3, -0.25) is 9.59 Å². The molecule has 54 heavy (non-hydrogen) atoms. The predicted octanol–water partition coefficient (Wildman–Crippen LogP) is 14.9. The van der Waals surface area contributed by atoms with Crippen molar-refractivity contribution in [3.8, 4) is 0 Å². The lowest BCUT2D eigenvalue weighted by Gasteiger charge is -2.23. The first-order valence-corrected chi connectivity index (χ1v) is 21.7. The summed E-state index contributed by atoms with van der Waals surface area (Å²) in [7, 11) is 0. The summed E-state index contributed by atoms with van der Waals surface area (Å²) in [5, 5.41) is 6.94. The lowest BCUT2D eigenvalue weighted by atomic mass is 9.82. The van der Waals surface area contributed by atoms with E-state index in [1.54, 1.807) is 12.1 Å². The largest absolute Gasteiger partial charge is 0.355 e. The number of hydrogen-bond acceptors (Lipinski definition) is 4. The van der Waals surface area contributed by atoms with Gasteiger partial charge < -0.3 is 10.6 Å². The van der Waals surface area contributed by atoms with Crippen LogP contribution in [0.1, 0.15) is 185 Å². The fraction of sp³-hybridized carbons (Fsp3) is 0.480. The molecule has 4 aromatic rings. The topological polar surface area (TPSA) is 58.2 Å². The first-order chi connectivity index (χ1) is 26.6. The molecule has 0 spiro atoms. The summed E-state index contributed by atoms with van der Waals surface area (Å²) >= 11 is 0. The average molecular weight is 727 g/mol. The zero-order valence-electron chi connectivity index (χ0n) is 33.5. The SMILES string of the molecule is CCCCCCCCCCCCc1ccc(Nc2cccc3c2C(=O)c2c(Nc4ccc(CCCCCCCCCCCC)cc4)cccc2C3=O)cc1. The number of ketones is 2. The molecule has 4 aromatic carbocycles. The summed E-state index contributed by atoms with van der Waals surface area (Å²) in [6, 6.07) is 28.1. The second-order valence-corrected chi connectivity index (χ2v) is 15.6. The average Bonchev–Trinajstić information content (AvgIpc) is 3.19. The van der Waals surface area contributed by atoms with Crippen molar-refractivity contribution >= 4 is 34.3 Å². The van der Waals surface area contributed by atoms with Gasteiger partial charge in [0.2, 0.25) is 0 Å². The molecule has 5 rings (SSSR count). The summed E-state index contributed by atoms with van der Waals surface area (Å²) in [6.45, 7) is 4.55. The highest BCUT2D eigenvalue weighted by molar-refractivity contribution is 6.32. The molecule has 0 aromatic heterocycles. The van der Waals surface area contributed by atoms with E-state index in [4.69, 9.17) is 0 Å². The molecule has 2 N–H and O–H groups in total. The molecule has 0 saturated carbocycles. The Morgan fingerprint density at radius 1 is 0.370 bits per heavy atom. The van der Waals surface area contributed by atoms with Crippen LogP contribution in [0.5, 0.6) is 0 Å². The minimum Gasteiger partial charge on any atom is -0.355 e. The Labute approximate surface area is 327 Å². The van der Waals surface area contributed by atoms with Crippen LogP contribution in [0.4, 0.5) is 22.7 Å². The highest BCUT2D eigenvalue weighted by atomic mass is 16.1. The lowest BCUT2D eigenvalue weighted by Crippen LogP contribution is -2.23. The fourth-order valence-electron chi connectivity index (χ4n) is 7.90. The van der Waals surface area contributed by atoms with Gasteiger partial charge in [-0.1, -0.05) is 178 Å². The molecule has 1 aliphatic carbocycles. The number of carbonyl (C=O) groups is 2. The van der Waals surface area contributed by atoms with Gasteiger partial charge >= 0.3 is 0 Å². The van der Waals surface area contributed by atoms with E-state index in [0.29, 0.717) is 33.6 Å². The third-order valence-corrected chi connectivity index (χ3v) is 11.2. The minimum absolute atomic E-state index is 0.120. The van der Waals surface area contributed by atoms with E-state index >= 15 is 0 Å². The summed E-state index contributed by atoms with van der Waals surface area (Å²) in [6.07, 6.45) is 29.0. The van der Waals surface area contributed by atoms with E-state index < -0.39 is 0 Å². The van der Waals surface area contributed by atoms with Crippen molar-refractivity contribution < 1.29 is 9.59 Å². The van der Waals surface area contributed by atoms with Crippen molar-refractivity contribution in [3.05, 3.63) is 118 Å². The Hall–Kier alpha value is -4.18. The van der Waals surface area contributed by atoms with Crippen LogP contribution in [0.25, 0.3) is 0 Å². The Balaban J connectivity index is 1.13. The van der Waals surface area contributed by atoms with E-state index in [1.807, 2.05) is 24.3 Å². The van der Waals surface area contributed by atoms with Crippen LogP contribution in [0, 0.1) is 0 Å². The molecule has 0 atom stereocenters. The third-order valence-electron chi connectivity index (χ3n) is 11.2. The van der Waals surface area contributed by atoms with Crippen molar-refractivity contribution in [1.29, 1.82) is 0 Å². The van der Waals surface area contributed by atoms with Gasteiger partial charge in [-0.25, -0.2) is 0 Å². The smallest absolute Gasteiger partial charge is 0.198 e. The summed E-state index contributed by atoms with van der Waals surface area (Å²) in [5.74, 6) is -0.258. The maximum absolute atomic E-state index is 14.3. The van der Waals surface area contributed by atoms with Gasteiger partial charge in [0.15, 0.2) is 11.6 Å². The van der Waals surface area contributed by atoms with Crippen LogP contribution in [-0.4, -0.2) is 11.6 Å². The zero-order valence-corrected chi connectivity index (χ0v) is 33.5. The standard InChI is InChI=1S/C50H66N2O2/c1-3-5-7-9-11-13-15-17-19-21-25-39-31-35-41(36-32-39)51-45-29-23-27-43-47(45)50(54)48-44(49(43)53)28-24-30-46(48)52-42-37-33-40(34-38-42)26-22-20-18-16-14-12-10-8-6-4-2/h23-24,27-38,51-52H,3-22,25-26H2,1-2H3. The molecule has 0 heterocycles. The van der Waals surface area contributed by atoms with Crippen molar-refractivity contribution in [2.24, 2.45) is 0 Å². The molecule has 288 valence electrons. The second kappa shape index (κ2) is 22.9. The number of fused-ring (bicyclic) bond motifs is 2. The van der Waals surface area contributed by atoms with Crippen LogP contribution >= 0.6 is 0 Å². The monoisotopic (exact) mass is 727 g/mol. The number of aryl methyl sites for hydroxylation is 2. The molecule has 0 fully saturated rings. The maximum atomic E-state index is 14.3. The minimum atomic E-state index is -0.138. The third kappa shape index (κ3) is 12.4. The highest BCUT2D eigenvalue weighted by Crippen LogP contribution is 2.37. The van der Waals surface area contributed by atoms with Gasteiger partial charge in [-0.05, 0) is 73.2 Å². The molecular formula is C50H66N2O2. The van der Waals surface area contributed by atoms with Crippen molar-refractivity contribution in [3.63, 3.8) is 0 Å². The van der Waals surface area contributed by atoms with Crippen molar-refractivity contribution in [2.45, 2.75) is 155 Å². The van der Waals surface area contributed by atoms with E-state index in [2.05, 4.69) is 73.0 Å². The second-order valence-electron chi connectivity index (χ2n) is 15.6. The molecular weight excluding hydrogens is 661 g/mol. The number of hydrogen-bond donors (Lipinski definition) is 2. The van der Waals surface area contributed by atoms with Gasteiger partial charge in [0.1, 0.15) is 0 Å². The number of rotatable bonds is 26. The predicted molar refractivity (Wildman–Crippen MR) is 230 cm³/mol.